The number of halogens is 3. The van der Waals surface area contributed by atoms with Gasteiger partial charge in [-0.2, -0.15) is 23.0 Å². The molecule has 5 aromatic rings. The Bertz CT molecular complexity index is 1860. The molecule has 1 fully saturated rings. The van der Waals surface area contributed by atoms with Gasteiger partial charge in [0.2, 0.25) is 0 Å². The second-order valence-corrected chi connectivity index (χ2v) is 10.2. The molecule has 1 aliphatic rings. The number of carbonyl (C=O) groups is 2. The maximum Gasteiger partial charge on any atom is 0.490 e. The first-order valence-corrected chi connectivity index (χ1v) is 14.4. The molecule has 17 heteroatoms. The summed E-state index contributed by atoms with van der Waals surface area (Å²) in [5, 5.41) is 26.8. The van der Waals surface area contributed by atoms with Crippen molar-refractivity contribution in [3.05, 3.63) is 90.8 Å². The van der Waals surface area contributed by atoms with Crippen LogP contribution in [0.4, 0.5) is 36.2 Å². The van der Waals surface area contributed by atoms with E-state index in [1.165, 1.54) is 0 Å². The normalized spacial score (nSPS) is 12.9. The van der Waals surface area contributed by atoms with Crippen LogP contribution >= 0.6 is 0 Å². The Balaban J connectivity index is 0.000000582. The van der Waals surface area contributed by atoms with Gasteiger partial charge >= 0.3 is 12.1 Å². The number of tetrazole rings is 1. The molecule has 6 rings (SSSR count). The fourth-order valence-corrected chi connectivity index (χ4v) is 4.68. The quantitative estimate of drug-likeness (QED) is 0.243. The second kappa shape index (κ2) is 14.6. The summed E-state index contributed by atoms with van der Waals surface area (Å²) in [6, 6.07) is 22.6. The number of carboxylic acid groups (broad SMARTS) is 1. The number of hydrogen-bond donors (Lipinski definition) is 2. The number of amides is 1. The topological polar surface area (TPSA) is 153 Å². The molecule has 0 saturated carbocycles. The molecular formula is C31H30F3N9O5. The highest BCUT2D eigenvalue weighted by Gasteiger charge is 2.38. The van der Waals surface area contributed by atoms with Crippen molar-refractivity contribution in [3.63, 3.8) is 0 Å². The van der Waals surface area contributed by atoms with Crippen LogP contribution in [-0.4, -0.2) is 93.6 Å². The van der Waals surface area contributed by atoms with E-state index in [2.05, 4.69) is 30.8 Å². The summed E-state index contributed by atoms with van der Waals surface area (Å²) in [5.74, 6) is -1.75. The highest BCUT2D eigenvalue weighted by molar-refractivity contribution is 6.04. The third-order valence-corrected chi connectivity index (χ3v) is 7.11. The Labute approximate surface area is 271 Å². The predicted molar refractivity (Wildman–Crippen MR) is 168 cm³/mol. The van der Waals surface area contributed by atoms with Crippen molar-refractivity contribution in [1.29, 1.82) is 0 Å². The fourth-order valence-electron chi connectivity index (χ4n) is 4.68. The summed E-state index contributed by atoms with van der Waals surface area (Å²) in [6.07, 6.45) is -1.50. The molecule has 0 unspecified atom stereocenters. The van der Waals surface area contributed by atoms with Crippen LogP contribution < -0.4 is 19.9 Å². The van der Waals surface area contributed by atoms with E-state index < -0.39 is 12.1 Å². The minimum atomic E-state index is -5.08. The number of aromatic nitrogens is 6. The Morgan fingerprint density at radius 1 is 1.00 bits per heavy atom. The largest absolute Gasteiger partial charge is 0.495 e. The Morgan fingerprint density at radius 3 is 2.40 bits per heavy atom. The number of alkyl halides is 3. The van der Waals surface area contributed by atoms with Gasteiger partial charge in [0.15, 0.2) is 0 Å². The number of anilines is 4. The van der Waals surface area contributed by atoms with Gasteiger partial charge in [0.25, 0.3) is 11.9 Å². The Morgan fingerprint density at radius 2 is 1.71 bits per heavy atom. The molecule has 3 aromatic carbocycles. The lowest BCUT2D eigenvalue weighted by Gasteiger charge is -2.30. The predicted octanol–water partition coefficient (Wildman–Crippen LogP) is 4.35. The molecule has 0 radical (unpaired) electrons. The van der Waals surface area contributed by atoms with Gasteiger partial charge in [0, 0.05) is 37.5 Å². The van der Waals surface area contributed by atoms with Crippen molar-refractivity contribution in [2.45, 2.75) is 6.18 Å². The SMILES string of the molecule is COc1cc(NC(=O)c2cccc(-n3cc(N(C)c4nnnn4-c4ccccc4)cn3)c2)ccc1N1CCOCC1.O=C(O)C(F)(F)F. The number of ether oxygens (including phenoxy) is 2. The average Bonchev–Trinajstić information content (AvgIpc) is 3.80. The monoisotopic (exact) mass is 665 g/mol. The molecule has 0 aliphatic carbocycles. The van der Waals surface area contributed by atoms with Gasteiger partial charge in [-0.15, -0.1) is 0 Å². The number of hydrogen-bond acceptors (Lipinski definition) is 10. The molecule has 2 N–H and O–H groups in total. The number of aliphatic carboxylic acids is 1. The number of para-hydroxylation sites is 1. The first kappa shape index (κ1) is 33.4. The van der Waals surface area contributed by atoms with E-state index in [4.69, 9.17) is 19.4 Å². The van der Waals surface area contributed by atoms with E-state index in [1.54, 1.807) is 34.8 Å². The van der Waals surface area contributed by atoms with Gasteiger partial charge in [0.05, 0.1) is 55.5 Å². The zero-order valence-electron chi connectivity index (χ0n) is 25.7. The smallest absolute Gasteiger partial charge is 0.490 e. The summed E-state index contributed by atoms with van der Waals surface area (Å²) in [7, 11) is 3.50. The standard InChI is InChI=1S/C29H29N9O3.C2HF3O2/c1-35(29-32-33-34-38(29)23-8-4-3-5-9-23)25-19-30-37(20-25)24-10-6-7-21(17-24)28(39)31-22-11-12-26(27(18-22)40-2)36-13-15-41-16-14-36;3-2(4,5)1(6)7/h3-12,17-20H,13-16H2,1-2H3,(H,31,39);(H,6,7). The van der Waals surface area contributed by atoms with Crippen LogP contribution in [0.15, 0.2) is 85.2 Å². The molecule has 1 saturated heterocycles. The second-order valence-electron chi connectivity index (χ2n) is 10.2. The lowest BCUT2D eigenvalue weighted by molar-refractivity contribution is -0.192. The minimum absolute atomic E-state index is 0.237. The highest BCUT2D eigenvalue weighted by Crippen LogP contribution is 2.32. The number of nitrogens with one attached hydrogen (secondary N) is 1. The number of carboxylic acids is 1. The van der Waals surface area contributed by atoms with Crippen LogP contribution in [0.5, 0.6) is 5.75 Å². The fraction of sp³-hybridized carbons (Fsp3) is 0.226. The molecule has 48 heavy (non-hydrogen) atoms. The Kier molecular flexibility index (Phi) is 10.2. The molecular weight excluding hydrogens is 635 g/mol. The molecule has 250 valence electrons. The van der Waals surface area contributed by atoms with Crippen molar-refractivity contribution in [2.75, 3.05) is 55.6 Å². The van der Waals surface area contributed by atoms with Gasteiger partial charge in [0.1, 0.15) is 5.75 Å². The van der Waals surface area contributed by atoms with Crippen molar-refractivity contribution in [2.24, 2.45) is 0 Å². The van der Waals surface area contributed by atoms with Crippen LogP contribution in [0.1, 0.15) is 10.4 Å². The molecule has 0 spiro atoms. The lowest BCUT2D eigenvalue weighted by Crippen LogP contribution is -2.36. The molecule has 14 nitrogen and oxygen atoms in total. The Hall–Kier alpha value is -5.97. The maximum absolute atomic E-state index is 13.2. The average molecular weight is 666 g/mol. The third kappa shape index (κ3) is 7.87. The van der Waals surface area contributed by atoms with Crippen LogP contribution in [-0.2, 0) is 9.53 Å². The van der Waals surface area contributed by atoms with Gasteiger partial charge < -0.3 is 29.7 Å². The van der Waals surface area contributed by atoms with Crippen molar-refractivity contribution in [1.82, 2.24) is 30.0 Å². The van der Waals surface area contributed by atoms with Gasteiger partial charge in [-0.1, -0.05) is 29.4 Å². The molecule has 0 atom stereocenters. The summed E-state index contributed by atoms with van der Waals surface area (Å²) in [4.78, 5) is 26.1. The molecule has 1 amide bonds. The van der Waals surface area contributed by atoms with Crippen LogP contribution in [0.2, 0.25) is 0 Å². The summed E-state index contributed by atoms with van der Waals surface area (Å²) < 4.78 is 46.2. The van der Waals surface area contributed by atoms with Gasteiger partial charge in [-0.25, -0.2) is 9.48 Å². The summed E-state index contributed by atoms with van der Waals surface area (Å²) in [5.41, 5.74) is 4.48. The number of nitrogens with zero attached hydrogens (tertiary/aromatic N) is 8. The number of morpholine rings is 1. The van der Waals surface area contributed by atoms with E-state index in [0.29, 0.717) is 36.2 Å². The van der Waals surface area contributed by atoms with E-state index >= 15 is 0 Å². The van der Waals surface area contributed by atoms with Crippen LogP contribution in [0.3, 0.4) is 0 Å². The number of carbonyl (C=O) groups excluding carboxylic acids is 1. The highest BCUT2D eigenvalue weighted by atomic mass is 19.4. The van der Waals surface area contributed by atoms with E-state index in [1.807, 2.05) is 78.8 Å². The number of methoxy groups -OCH3 is 1. The first-order valence-electron chi connectivity index (χ1n) is 14.4. The zero-order valence-corrected chi connectivity index (χ0v) is 25.7. The van der Waals surface area contributed by atoms with Crippen LogP contribution in [0.25, 0.3) is 11.4 Å². The molecule has 0 bridgehead atoms. The first-order chi connectivity index (χ1) is 23.0. The third-order valence-electron chi connectivity index (χ3n) is 7.11. The van der Waals surface area contributed by atoms with Crippen molar-refractivity contribution in [3.8, 4) is 17.1 Å². The maximum atomic E-state index is 13.2. The molecule has 2 aromatic heterocycles. The minimum Gasteiger partial charge on any atom is -0.495 e. The van der Waals surface area contributed by atoms with Crippen molar-refractivity contribution < 1.29 is 37.3 Å². The zero-order chi connectivity index (χ0) is 34.3. The number of benzene rings is 3. The lowest BCUT2D eigenvalue weighted by atomic mass is 10.1. The van der Waals surface area contributed by atoms with Gasteiger partial charge in [-0.05, 0) is 52.9 Å². The van der Waals surface area contributed by atoms with Crippen molar-refractivity contribution >= 4 is 34.9 Å². The summed E-state index contributed by atoms with van der Waals surface area (Å²) >= 11 is 0. The van der Waals surface area contributed by atoms with E-state index in [9.17, 15) is 18.0 Å². The van der Waals surface area contributed by atoms with Crippen LogP contribution in [0, 0.1) is 0 Å². The van der Waals surface area contributed by atoms with E-state index in [0.717, 1.165) is 35.8 Å². The van der Waals surface area contributed by atoms with Gasteiger partial charge in [-0.3, -0.25) is 4.79 Å². The molecule has 3 heterocycles. The number of rotatable bonds is 8. The van der Waals surface area contributed by atoms with E-state index in [-0.39, 0.29) is 5.91 Å². The molecule has 1 aliphatic heterocycles. The summed E-state index contributed by atoms with van der Waals surface area (Å²) in [6.45, 7) is 2.95.